The zero-order chi connectivity index (χ0) is 13.8. The van der Waals surface area contributed by atoms with Crippen LogP contribution in [0.5, 0.6) is 0 Å². The molecule has 0 aliphatic carbocycles. The van der Waals surface area contributed by atoms with Crippen LogP contribution in [0.4, 0.5) is 0 Å². The average molecular weight is 274 g/mol. The Bertz CT molecular complexity index is 549. The molecule has 0 bridgehead atoms. The predicted octanol–water partition coefficient (Wildman–Crippen LogP) is 1.27. The predicted molar refractivity (Wildman–Crippen MR) is 73.0 cm³/mol. The number of nitrogens with zero attached hydrogens (tertiary/aromatic N) is 1. The minimum absolute atomic E-state index is 0.0839. The van der Waals surface area contributed by atoms with Gasteiger partial charge in [-0.25, -0.2) is 0 Å². The number of benzene rings is 1. The fraction of sp³-hybridized carbons (Fsp3) is 0.400. The first-order valence-electron chi connectivity index (χ1n) is 6.72. The van der Waals surface area contributed by atoms with Crippen LogP contribution in [-0.4, -0.2) is 29.0 Å². The monoisotopic (exact) mass is 274 g/mol. The summed E-state index contributed by atoms with van der Waals surface area (Å²) >= 11 is 0. The van der Waals surface area contributed by atoms with Crippen LogP contribution in [0.15, 0.2) is 40.9 Å². The second-order valence-electron chi connectivity index (χ2n) is 5.23. The van der Waals surface area contributed by atoms with E-state index in [2.05, 4.69) is 22.6 Å². The van der Waals surface area contributed by atoms with Crippen molar-refractivity contribution in [1.82, 2.24) is 10.5 Å². The van der Waals surface area contributed by atoms with E-state index in [1.165, 1.54) is 5.56 Å². The zero-order valence-electron chi connectivity index (χ0n) is 11.2. The van der Waals surface area contributed by atoms with Gasteiger partial charge in [-0.1, -0.05) is 35.5 Å². The Morgan fingerprint density at radius 1 is 1.25 bits per heavy atom. The molecule has 0 saturated carbocycles. The highest BCUT2D eigenvalue weighted by atomic mass is 16.5. The number of hydrogen-bond acceptors (Lipinski definition) is 5. The van der Waals surface area contributed by atoms with Gasteiger partial charge in [-0.05, 0) is 5.56 Å². The Labute approximate surface area is 117 Å². The lowest BCUT2D eigenvalue weighted by molar-refractivity contribution is -0.0755. The second-order valence-corrected chi connectivity index (χ2v) is 5.23. The van der Waals surface area contributed by atoms with E-state index in [9.17, 15) is 0 Å². The Hall–Kier alpha value is -1.69. The highest BCUT2D eigenvalue weighted by Gasteiger charge is 2.39. The van der Waals surface area contributed by atoms with Gasteiger partial charge < -0.3 is 19.7 Å². The molecule has 106 valence electrons. The Morgan fingerprint density at radius 2 is 2.05 bits per heavy atom. The summed E-state index contributed by atoms with van der Waals surface area (Å²) in [5, 5.41) is 16.5. The first kappa shape index (κ1) is 13.3. The normalized spacial score (nSPS) is 16.9. The number of aromatic nitrogens is 1. The summed E-state index contributed by atoms with van der Waals surface area (Å²) in [5.41, 5.74) is 2.01. The maximum atomic E-state index is 9.00. The van der Waals surface area contributed by atoms with E-state index >= 15 is 0 Å². The van der Waals surface area contributed by atoms with E-state index in [1.54, 1.807) is 6.07 Å². The quantitative estimate of drug-likeness (QED) is 0.830. The molecule has 2 N–H and O–H groups in total. The van der Waals surface area contributed by atoms with Crippen molar-refractivity contribution < 1.29 is 14.4 Å². The molecule has 0 radical (unpaired) electrons. The van der Waals surface area contributed by atoms with Gasteiger partial charge >= 0.3 is 0 Å². The molecule has 0 amide bonds. The topological polar surface area (TPSA) is 67.5 Å². The maximum Gasteiger partial charge on any atom is 0.162 e. The van der Waals surface area contributed by atoms with Crippen LogP contribution in [0, 0.1) is 0 Å². The molecule has 3 rings (SSSR count). The molecule has 2 heterocycles. The van der Waals surface area contributed by atoms with E-state index in [-0.39, 0.29) is 12.1 Å². The SMILES string of the molecule is OCc1cc(CC2(NCc3ccccc3)COC2)no1. The van der Waals surface area contributed by atoms with E-state index in [1.807, 2.05) is 18.2 Å². The third kappa shape index (κ3) is 2.90. The molecule has 1 saturated heterocycles. The van der Waals surface area contributed by atoms with Crippen molar-refractivity contribution in [3.8, 4) is 0 Å². The lowest BCUT2D eigenvalue weighted by Gasteiger charge is -2.42. The highest BCUT2D eigenvalue weighted by Crippen LogP contribution is 2.23. The zero-order valence-corrected chi connectivity index (χ0v) is 11.2. The molecule has 1 aromatic carbocycles. The average Bonchev–Trinajstić information content (AvgIpc) is 2.90. The summed E-state index contributed by atoms with van der Waals surface area (Å²) in [6, 6.07) is 12.1. The minimum Gasteiger partial charge on any atom is -0.388 e. The van der Waals surface area contributed by atoms with Crippen LogP contribution in [0.3, 0.4) is 0 Å². The van der Waals surface area contributed by atoms with Crippen LogP contribution < -0.4 is 5.32 Å². The van der Waals surface area contributed by atoms with Crippen molar-refractivity contribution in [2.45, 2.75) is 25.1 Å². The largest absolute Gasteiger partial charge is 0.388 e. The van der Waals surface area contributed by atoms with Gasteiger partial charge in [-0.3, -0.25) is 0 Å². The van der Waals surface area contributed by atoms with Gasteiger partial charge in [0, 0.05) is 19.0 Å². The molecule has 0 spiro atoms. The lowest BCUT2D eigenvalue weighted by atomic mass is 9.91. The molecule has 1 aromatic heterocycles. The standard InChI is InChI=1S/C15H18N2O3/c18-9-14-6-13(17-20-14)7-15(10-19-11-15)16-8-12-4-2-1-3-5-12/h1-6,16,18H,7-11H2. The minimum atomic E-state index is -0.117. The summed E-state index contributed by atoms with van der Waals surface area (Å²) in [7, 11) is 0. The van der Waals surface area contributed by atoms with Gasteiger partial charge in [0.15, 0.2) is 5.76 Å². The molecule has 0 unspecified atom stereocenters. The molecule has 0 atom stereocenters. The van der Waals surface area contributed by atoms with Crippen LogP contribution >= 0.6 is 0 Å². The van der Waals surface area contributed by atoms with Gasteiger partial charge in [-0.15, -0.1) is 0 Å². The van der Waals surface area contributed by atoms with Crippen LogP contribution in [0.1, 0.15) is 17.0 Å². The highest BCUT2D eigenvalue weighted by molar-refractivity contribution is 5.16. The van der Waals surface area contributed by atoms with E-state index in [4.69, 9.17) is 14.4 Å². The van der Waals surface area contributed by atoms with Crippen LogP contribution in [-0.2, 0) is 24.3 Å². The molecule has 2 aromatic rings. The number of aliphatic hydroxyl groups excluding tert-OH is 1. The third-order valence-corrected chi connectivity index (χ3v) is 3.55. The Balaban J connectivity index is 1.62. The summed E-state index contributed by atoms with van der Waals surface area (Å²) in [6.07, 6.45) is 0.739. The number of aliphatic hydroxyl groups is 1. The first-order valence-corrected chi connectivity index (χ1v) is 6.72. The Morgan fingerprint density at radius 3 is 2.65 bits per heavy atom. The summed E-state index contributed by atoms with van der Waals surface area (Å²) in [6.45, 7) is 2.02. The second kappa shape index (κ2) is 5.75. The number of nitrogens with one attached hydrogen (secondary N) is 1. The van der Waals surface area contributed by atoms with Crippen molar-refractivity contribution in [2.75, 3.05) is 13.2 Å². The van der Waals surface area contributed by atoms with Gasteiger partial charge in [0.2, 0.25) is 0 Å². The van der Waals surface area contributed by atoms with Crippen LogP contribution in [0.2, 0.25) is 0 Å². The van der Waals surface area contributed by atoms with Gasteiger partial charge in [0.25, 0.3) is 0 Å². The first-order chi connectivity index (χ1) is 9.80. The fourth-order valence-corrected chi connectivity index (χ4v) is 2.36. The van der Waals surface area contributed by atoms with Gasteiger partial charge in [0.1, 0.15) is 6.61 Å². The lowest BCUT2D eigenvalue weighted by Crippen LogP contribution is -2.61. The molecule has 20 heavy (non-hydrogen) atoms. The molecular weight excluding hydrogens is 256 g/mol. The van der Waals surface area contributed by atoms with E-state index in [0.717, 1.165) is 18.7 Å². The molecular formula is C15H18N2O3. The van der Waals surface area contributed by atoms with Crippen molar-refractivity contribution >= 4 is 0 Å². The number of hydrogen-bond donors (Lipinski definition) is 2. The number of ether oxygens (including phenoxy) is 1. The van der Waals surface area contributed by atoms with Gasteiger partial charge in [-0.2, -0.15) is 0 Å². The maximum absolute atomic E-state index is 9.00. The molecule has 5 heteroatoms. The van der Waals surface area contributed by atoms with Crippen molar-refractivity contribution in [1.29, 1.82) is 0 Å². The van der Waals surface area contributed by atoms with Crippen molar-refractivity contribution in [3.05, 3.63) is 53.4 Å². The Kier molecular flexibility index (Phi) is 3.82. The molecule has 5 nitrogen and oxygen atoms in total. The van der Waals surface area contributed by atoms with Gasteiger partial charge in [0.05, 0.1) is 24.4 Å². The van der Waals surface area contributed by atoms with E-state index < -0.39 is 0 Å². The third-order valence-electron chi connectivity index (χ3n) is 3.55. The summed E-state index contributed by atoms with van der Waals surface area (Å²) in [5.74, 6) is 0.499. The molecule has 1 fully saturated rings. The van der Waals surface area contributed by atoms with E-state index in [0.29, 0.717) is 19.0 Å². The van der Waals surface area contributed by atoms with Crippen molar-refractivity contribution in [2.24, 2.45) is 0 Å². The molecule has 1 aliphatic heterocycles. The molecule has 1 aliphatic rings. The summed E-state index contributed by atoms with van der Waals surface area (Å²) in [4.78, 5) is 0. The van der Waals surface area contributed by atoms with Crippen molar-refractivity contribution in [3.63, 3.8) is 0 Å². The summed E-state index contributed by atoms with van der Waals surface area (Å²) < 4.78 is 10.4. The van der Waals surface area contributed by atoms with Crippen LogP contribution in [0.25, 0.3) is 0 Å². The smallest absolute Gasteiger partial charge is 0.162 e. The fourth-order valence-electron chi connectivity index (χ4n) is 2.36. The number of rotatable bonds is 6.